The van der Waals surface area contributed by atoms with Crippen molar-refractivity contribution in [2.24, 2.45) is 5.73 Å². The molecule has 0 aromatic carbocycles. The fourth-order valence-electron chi connectivity index (χ4n) is 1.66. The van der Waals surface area contributed by atoms with Crippen LogP contribution in [0.15, 0.2) is 11.4 Å². The van der Waals surface area contributed by atoms with E-state index < -0.39 is 0 Å². The summed E-state index contributed by atoms with van der Waals surface area (Å²) in [6.07, 6.45) is 0.270. The van der Waals surface area contributed by atoms with Crippen LogP contribution in [0.25, 0.3) is 10.2 Å². The molecule has 4 N–H and O–H groups in total. The molecule has 18 heavy (non-hydrogen) atoms. The minimum Gasteiger partial charge on any atom is -0.370 e. The van der Waals surface area contributed by atoms with Crippen molar-refractivity contribution in [2.45, 2.75) is 19.4 Å². The number of hydrogen-bond donors (Lipinski definition) is 3. The first-order valence-electron chi connectivity index (χ1n) is 5.58. The lowest BCUT2D eigenvalue weighted by atomic mass is 10.2. The van der Waals surface area contributed by atoms with Crippen molar-refractivity contribution in [2.75, 3.05) is 17.7 Å². The number of carbonyl (C=O) groups is 1. The molecule has 1 amide bonds. The van der Waals surface area contributed by atoms with Crippen molar-refractivity contribution >= 4 is 39.2 Å². The van der Waals surface area contributed by atoms with E-state index in [0.29, 0.717) is 5.95 Å². The molecule has 0 saturated heterocycles. The Morgan fingerprint density at radius 2 is 2.33 bits per heavy atom. The predicted molar refractivity (Wildman–Crippen MR) is 73.9 cm³/mol. The molecule has 2 aromatic heterocycles. The molecule has 6 nitrogen and oxygen atoms in total. The van der Waals surface area contributed by atoms with Gasteiger partial charge in [0, 0.05) is 19.5 Å². The van der Waals surface area contributed by atoms with E-state index in [1.165, 1.54) is 0 Å². The average molecular weight is 265 g/mol. The maximum Gasteiger partial charge on any atom is 0.225 e. The van der Waals surface area contributed by atoms with Gasteiger partial charge in [-0.15, -0.1) is 11.3 Å². The largest absolute Gasteiger partial charge is 0.370 e. The lowest BCUT2D eigenvalue weighted by Gasteiger charge is -2.13. The van der Waals surface area contributed by atoms with Crippen LogP contribution in [0.1, 0.15) is 13.3 Å². The Morgan fingerprint density at radius 3 is 3.00 bits per heavy atom. The zero-order valence-corrected chi connectivity index (χ0v) is 11.0. The number of nitrogens with zero attached hydrogens (tertiary/aromatic N) is 2. The molecular weight excluding hydrogens is 250 g/mol. The number of rotatable bonds is 5. The number of fused-ring (bicyclic) bond motifs is 1. The van der Waals surface area contributed by atoms with Crippen molar-refractivity contribution in [1.29, 1.82) is 0 Å². The zero-order valence-electron chi connectivity index (χ0n) is 10.2. The van der Waals surface area contributed by atoms with Crippen LogP contribution in [-0.2, 0) is 4.79 Å². The SMILES string of the molecule is CNc1nc(NC(C)CC(N)=O)c2sccc2n1. The lowest BCUT2D eigenvalue weighted by molar-refractivity contribution is -0.118. The second-order valence-corrected chi connectivity index (χ2v) is 4.91. The molecule has 7 heteroatoms. The first-order valence-corrected chi connectivity index (χ1v) is 6.46. The lowest BCUT2D eigenvalue weighted by Crippen LogP contribution is -2.24. The Hall–Kier alpha value is -1.89. The standard InChI is InChI=1S/C11H15N5OS/c1-6(5-8(12)17)14-10-9-7(3-4-18-9)15-11(13-2)16-10/h3-4,6H,5H2,1-2H3,(H2,12,17)(H2,13,14,15,16). The van der Waals surface area contributed by atoms with Gasteiger partial charge >= 0.3 is 0 Å². The summed E-state index contributed by atoms with van der Waals surface area (Å²) in [6, 6.07) is 1.87. The number of amides is 1. The normalized spacial score (nSPS) is 12.3. The van der Waals surface area contributed by atoms with Crippen LogP contribution in [0.2, 0.25) is 0 Å². The summed E-state index contributed by atoms with van der Waals surface area (Å²) in [7, 11) is 1.77. The number of hydrogen-bond acceptors (Lipinski definition) is 6. The fraction of sp³-hybridized carbons (Fsp3) is 0.364. The van der Waals surface area contributed by atoms with E-state index >= 15 is 0 Å². The molecular formula is C11H15N5OS. The van der Waals surface area contributed by atoms with Crippen molar-refractivity contribution in [3.05, 3.63) is 11.4 Å². The van der Waals surface area contributed by atoms with Crippen LogP contribution < -0.4 is 16.4 Å². The minimum atomic E-state index is -0.333. The summed E-state index contributed by atoms with van der Waals surface area (Å²) >= 11 is 1.56. The van der Waals surface area contributed by atoms with Crippen LogP contribution in [0.4, 0.5) is 11.8 Å². The molecule has 2 rings (SSSR count). The van der Waals surface area contributed by atoms with Crippen LogP contribution in [0.5, 0.6) is 0 Å². The fourth-order valence-corrected chi connectivity index (χ4v) is 2.44. The molecule has 2 heterocycles. The highest BCUT2D eigenvalue weighted by Crippen LogP contribution is 2.27. The number of nitrogens with two attached hydrogens (primary N) is 1. The molecule has 1 unspecified atom stereocenters. The summed E-state index contributed by atoms with van der Waals surface area (Å²) in [5.74, 6) is 0.947. The first-order chi connectivity index (χ1) is 8.60. The molecule has 2 aromatic rings. The summed E-state index contributed by atoms with van der Waals surface area (Å²) in [4.78, 5) is 19.6. The van der Waals surface area contributed by atoms with E-state index in [2.05, 4.69) is 20.6 Å². The highest BCUT2D eigenvalue weighted by atomic mass is 32.1. The summed E-state index contributed by atoms with van der Waals surface area (Å²) in [5.41, 5.74) is 6.06. The van der Waals surface area contributed by atoms with E-state index in [4.69, 9.17) is 5.73 Å². The smallest absolute Gasteiger partial charge is 0.225 e. The third-order valence-corrected chi connectivity index (χ3v) is 3.33. The predicted octanol–water partition coefficient (Wildman–Crippen LogP) is 1.41. The molecule has 0 spiro atoms. The van der Waals surface area contributed by atoms with Gasteiger partial charge in [0.1, 0.15) is 5.82 Å². The second-order valence-electron chi connectivity index (χ2n) is 4.00. The number of nitrogens with one attached hydrogen (secondary N) is 2. The Bertz CT molecular complexity index is 568. The quantitative estimate of drug-likeness (QED) is 0.760. The number of aromatic nitrogens is 2. The van der Waals surface area contributed by atoms with Gasteiger partial charge < -0.3 is 16.4 Å². The first kappa shape index (κ1) is 12.6. The molecule has 0 bridgehead atoms. The van der Waals surface area contributed by atoms with Crippen LogP contribution in [0.3, 0.4) is 0 Å². The monoisotopic (exact) mass is 265 g/mol. The maximum absolute atomic E-state index is 10.9. The Morgan fingerprint density at radius 1 is 1.56 bits per heavy atom. The number of primary amides is 1. The van der Waals surface area contributed by atoms with Gasteiger partial charge in [-0.05, 0) is 18.4 Å². The zero-order chi connectivity index (χ0) is 13.1. The van der Waals surface area contributed by atoms with Gasteiger partial charge in [0.2, 0.25) is 11.9 Å². The summed E-state index contributed by atoms with van der Waals surface area (Å²) in [6.45, 7) is 1.89. The van der Waals surface area contributed by atoms with E-state index in [1.807, 2.05) is 18.4 Å². The summed E-state index contributed by atoms with van der Waals surface area (Å²) < 4.78 is 0.977. The number of carbonyl (C=O) groups excluding carboxylic acids is 1. The van der Waals surface area contributed by atoms with Crippen molar-refractivity contribution in [3.8, 4) is 0 Å². The minimum absolute atomic E-state index is 0.0626. The summed E-state index contributed by atoms with van der Waals surface area (Å²) in [5, 5.41) is 8.07. The Labute approximate surface area is 109 Å². The second kappa shape index (κ2) is 5.18. The van der Waals surface area contributed by atoms with E-state index in [-0.39, 0.29) is 18.4 Å². The Balaban J connectivity index is 2.30. The molecule has 96 valence electrons. The number of anilines is 2. The molecule has 0 radical (unpaired) electrons. The molecule has 0 aliphatic carbocycles. The van der Waals surface area contributed by atoms with E-state index in [1.54, 1.807) is 18.4 Å². The van der Waals surface area contributed by atoms with Crippen LogP contribution in [-0.4, -0.2) is 29.0 Å². The van der Waals surface area contributed by atoms with E-state index in [0.717, 1.165) is 16.0 Å². The van der Waals surface area contributed by atoms with Crippen molar-refractivity contribution < 1.29 is 4.79 Å². The molecule has 0 fully saturated rings. The van der Waals surface area contributed by atoms with Gasteiger partial charge in [0.15, 0.2) is 0 Å². The maximum atomic E-state index is 10.9. The van der Waals surface area contributed by atoms with Gasteiger partial charge in [-0.3, -0.25) is 4.79 Å². The van der Waals surface area contributed by atoms with E-state index in [9.17, 15) is 4.79 Å². The third-order valence-electron chi connectivity index (χ3n) is 2.42. The molecule has 1 atom stereocenters. The van der Waals surface area contributed by atoms with Gasteiger partial charge in [0.05, 0.1) is 10.2 Å². The molecule has 0 saturated carbocycles. The van der Waals surface area contributed by atoms with Gasteiger partial charge in [0.25, 0.3) is 0 Å². The van der Waals surface area contributed by atoms with Crippen LogP contribution >= 0.6 is 11.3 Å². The van der Waals surface area contributed by atoms with Crippen molar-refractivity contribution in [1.82, 2.24) is 9.97 Å². The highest BCUT2D eigenvalue weighted by Gasteiger charge is 2.12. The van der Waals surface area contributed by atoms with Gasteiger partial charge in [-0.25, -0.2) is 4.98 Å². The average Bonchev–Trinajstić information content (AvgIpc) is 2.75. The third kappa shape index (κ3) is 2.67. The topological polar surface area (TPSA) is 92.9 Å². The van der Waals surface area contributed by atoms with Gasteiger partial charge in [-0.2, -0.15) is 4.98 Å². The molecule has 0 aliphatic heterocycles. The van der Waals surface area contributed by atoms with Crippen molar-refractivity contribution in [3.63, 3.8) is 0 Å². The van der Waals surface area contributed by atoms with Gasteiger partial charge in [-0.1, -0.05) is 0 Å². The molecule has 0 aliphatic rings. The van der Waals surface area contributed by atoms with Crippen LogP contribution in [0, 0.1) is 0 Å². The highest BCUT2D eigenvalue weighted by molar-refractivity contribution is 7.17. The number of thiophene rings is 1. The Kier molecular flexibility index (Phi) is 3.61.